The molecule has 1 saturated heterocycles. The molecule has 1 aromatic carbocycles. The van der Waals surface area contributed by atoms with Crippen molar-refractivity contribution in [2.45, 2.75) is 70.6 Å². The number of amides is 1. The molecule has 1 aliphatic rings. The molecule has 4 nitrogen and oxygen atoms in total. The Labute approximate surface area is 140 Å². The van der Waals surface area contributed by atoms with Gasteiger partial charge in [0, 0.05) is 6.54 Å². The highest BCUT2D eigenvalue weighted by atomic mass is 28.4. The van der Waals surface area contributed by atoms with Crippen molar-refractivity contribution < 1.29 is 14.3 Å². The highest BCUT2D eigenvalue weighted by Crippen LogP contribution is 2.41. The van der Waals surface area contributed by atoms with E-state index in [1.807, 2.05) is 30.3 Å². The molecule has 0 aliphatic carbocycles. The van der Waals surface area contributed by atoms with Crippen LogP contribution in [0, 0.1) is 0 Å². The van der Waals surface area contributed by atoms with Crippen LogP contribution < -0.4 is 0 Å². The fourth-order valence-electron chi connectivity index (χ4n) is 2.59. The quantitative estimate of drug-likeness (QED) is 0.857. The summed E-state index contributed by atoms with van der Waals surface area (Å²) in [6, 6.07) is 9.75. The summed E-state index contributed by atoms with van der Waals surface area (Å²) in [6.45, 7) is 12.9. The second-order valence-electron chi connectivity index (χ2n) is 8.13. The fourth-order valence-corrected chi connectivity index (χ4v) is 3.96. The summed E-state index contributed by atoms with van der Waals surface area (Å²) in [5.41, 5.74) is -0.267. The van der Waals surface area contributed by atoms with Gasteiger partial charge in [0.2, 0.25) is 5.91 Å². The van der Waals surface area contributed by atoms with Crippen molar-refractivity contribution in [2.24, 2.45) is 0 Å². The lowest BCUT2D eigenvalue weighted by Gasteiger charge is -2.42. The number of nitrogens with zero attached hydrogens (tertiary/aromatic N) is 1. The second-order valence-corrected chi connectivity index (χ2v) is 12.9. The molecule has 2 rings (SSSR count). The van der Waals surface area contributed by atoms with Gasteiger partial charge < -0.3 is 14.4 Å². The second kappa shape index (κ2) is 6.04. The van der Waals surface area contributed by atoms with Gasteiger partial charge in [0.25, 0.3) is 0 Å². The van der Waals surface area contributed by atoms with Gasteiger partial charge >= 0.3 is 0 Å². The lowest BCUT2D eigenvalue weighted by atomic mass is 10.1. The van der Waals surface area contributed by atoms with Crippen molar-refractivity contribution in [2.75, 3.05) is 0 Å². The van der Waals surface area contributed by atoms with Crippen molar-refractivity contribution in [1.82, 2.24) is 4.90 Å². The first-order valence-corrected chi connectivity index (χ1v) is 11.1. The van der Waals surface area contributed by atoms with E-state index >= 15 is 0 Å². The zero-order valence-electron chi connectivity index (χ0n) is 15.1. The third kappa shape index (κ3) is 3.67. The first-order chi connectivity index (χ1) is 10.4. The van der Waals surface area contributed by atoms with Crippen molar-refractivity contribution in [3.05, 3.63) is 35.9 Å². The van der Waals surface area contributed by atoms with Crippen LogP contribution in [0.4, 0.5) is 0 Å². The van der Waals surface area contributed by atoms with Gasteiger partial charge in [0.15, 0.2) is 14.0 Å². The van der Waals surface area contributed by atoms with Crippen LogP contribution in [-0.4, -0.2) is 36.1 Å². The van der Waals surface area contributed by atoms with Crippen LogP contribution in [-0.2, 0) is 15.8 Å². The largest absolute Gasteiger partial charge is 0.409 e. The average Bonchev–Trinajstić information content (AvgIpc) is 2.62. The fraction of sp³-hybridized carbons (Fsp3) is 0.611. The van der Waals surface area contributed by atoms with Gasteiger partial charge in [-0.05, 0) is 30.6 Å². The van der Waals surface area contributed by atoms with Crippen LogP contribution >= 0.6 is 0 Å². The Balaban J connectivity index is 2.18. The van der Waals surface area contributed by atoms with Crippen molar-refractivity contribution in [3.63, 3.8) is 0 Å². The van der Waals surface area contributed by atoms with E-state index in [9.17, 15) is 9.90 Å². The van der Waals surface area contributed by atoms with Gasteiger partial charge in [-0.1, -0.05) is 51.1 Å². The molecule has 0 bridgehead atoms. The third-order valence-electron chi connectivity index (χ3n) is 5.24. The smallest absolute Gasteiger partial charge is 0.227 e. The Bertz CT molecular complexity index is 563. The van der Waals surface area contributed by atoms with Gasteiger partial charge in [-0.15, -0.1) is 0 Å². The summed E-state index contributed by atoms with van der Waals surface area (Å²) >= 11 is 0. The minimum Gasteiger partial charge on any atom is -0.409 e. The topological polar surface area (TPSA) is 49.8 Å². The summed E-state index contributed by atoms with van der Waals surface area (Å²) in [4.78, 5) is 14.0. The predicted octanol–water partition coefficient (Wildman–Crippen LogP) is 3.52. The first kappa shape index (κ1) is 18.2. The Hall–Kier alpha value is -1.17. The van der Waals surface area contributed by atoms with E-state index in [0.29, 0.717) is 6.54 Å². The summed E-state index contributed by atoms with van der Waals surface area (Å²) < 4.78 is 6.34. The maximum absolute atomic E-state index is 12.4. The number of likely N-dealkylation sites (tertiary alicyclic amines) is 1. The summed E-state index contributed by atoms with van der Waals surface area (Å²) in [6.07, 6.45) is -0.230. The molecule has 1 aliphatic heterocycles. The van der Waals surface area contributed by atoms with Gasteiger partial charge in [-0.2, -0.15) is 0 Å². The highest BCUT2D eigenvalue weighted by molar-refractivity contribution is 6.74. The summed E-state index contributed by atoms with van der Waals surface area (Å²) in [5, 5.41) is 11.0. The first-order valence-electron chi connectivity index (χ1n) is 8.20. The Kier molecular flexibility index (Phi) is 4.77. The maximum Gasteiger partial charge on any atom is 0.227 e. The predicted molar refractivity (Wildman–Crippen MR) is 94.3 cm³/mol. The Morgan fingerprint density at radius 2 is 1.87 bits per heavy atom. The van der Waals surface area contributed by atoms with Gasteiger partial charge in [-0.25, -0.2) is 0 Å². The maximum atomic E-state index is 12.4. The van der Waals surface area contributed by atoms with Crippen LogP contribution in [0.5, 0.6) is 0 Å². The van der Waals surface area contributed by atoms with Crippen molar-refractivity contribution >= 4 is 14.2 Å². The van der Waals surface area contributed by atoms with E-state index in [2.05, 4.69) is 33.9 Å². The van der Waals surface area contributed by atoms with Gasteiger partial charge in [0.1, 0.15) is 6.10 Å². The monoisotopic (exact) mass is 335 g/mol. The molecule has 0 spiro atoms. The number of carbonyl (C=O) groups excluding carboxylic acids is 1. The van der Waals surface area contributed by atoms with Gasteiger partial charge in [-0.3, -0.25) is 4.79 Å². The van der Waals surface area contributed by atoms with Crippen LogP contribution in [0.25, 0.3) is 0 Å². The number of rotatable bonds is 4. The van der Waals surface area contributed by atoms with E-state index in [1.165, 1.54) is 0 Å². The lowest BCUT2D eigenvalue weighted by Crippen LogP contribution is -2.54. The molecule has 1 fully saturated rings. The molecule has 5 heteroatoms. The molecule has 1 unspecified atom stereocenters. The molecule has 1 N–H and O–H groups in total. The lowest BCUT2D eigenvalue weighted by molar-refractivity contribution is -0.153. The standard InChI is InChI=1S/C18H29NO3Si/c1-17(2,3)23(5,6)22-15-12-16(20)19(18(15,4)21)13-14-10-8-7-9-11-14/h7-11,15,21H,12-13H2,1-6H3/t15-,18?/m0/s1. The zero-order chi connectivity index (χ0) is 17.5. The summed E-state index contributed by atoms with van der Waals surface area (Å²) in [5.74, 6) is -0.0532. The SMILES string of the molecule is CC1(O)[C@@H](O[Si](C)(C)C(C)(C)C)CC(=O)N1Cc1ccccc1. The Morgan fingerprint density at radius 1 is 1.30 bits per heavy atom. The highest BCUT2D eigenvalue weighted by Gasteiger charge is 2.52. The molecule has 0 saturated carbocycles. The van der Waals surface area contributed by atoms with Crippen LogP contribution in [0.1, 0.15) is 39.7 Å². The van der Waals surface area contributed by atoms with E-state index < -0.39 is 20.1 Å². The minimum atomic E-state index is -2.05. The summed E-state index contributed by atoms with van der Waals surface area (Å²) in [7, 11) is -2.05. The molecule has 2 atom stereocenters. The molecule has 1 aromatic rings. The molecule has 0 aromatic heterocycles. The van der Waals surface area contributed by atoms with E-state index in [0.717, 1.165) is 5.56 Å². The number of carbonyl (C=O) groups is 1. The normalized spacial score (nSPS) is 26.0. The van der Waals surface area contributed by atoms with Crippen LogP contribution in [0.15, 0.2) is 30.3 Å². The van der Waals surface area contributed by atoms with E-state index in [1.54, 1.807) is 11.8 Å². The third-order valence-corrected chi connectivity index (χ3v) is 9.73. The Morgan fingerprint density at radius 3 is 2.39 bits per heavy atom. The van der Waals surface area contributed by atoms with Crippen molar-refractivity contribution in [1.29, 1.82) is 0 Å². The number of aliphatic hydroxyl groups is 1. The number of hydrogen-bond donors (Lipinski definition) is 1. The minimum absolute atomic E-state index is 0.0407. The average molecular weight is 336 g/mol. The molecule has 128 valence electrons. The van der Waals surface area contributed by atoms with Crippen molar-refractivity contribution in [3.8, 4) is 0 Å². The van der Waals surface area contributed by atoms with E-state index in [-0.39, 0.29) is 17.4 Å². The number of benzene rings is 1. The molecule has 23 heavy (non-hydrogen) atoms. The molecule has 0 radical (unpaired) electrons. The zero-order valence-corrected chi connectivity index (χ0v) is 16.1. The van der Waals surface area contributed by atoms with Crippen LogP contribution in [0.2, 0.25) is 18.1 Å². The van der Waals surface area contributed by atoms with E-state index in [4.69, 9.17) is 4.43 Å². The van der Waals surface area contributed by atoms with Gasteiger partial charge in [0.05, 0.1) is 6.42 Å². The van der Waals surface area contributed by atoms with Crippen LogP contribution in [0.3, 0.4) is 0 Å². The molecule has 1 heterocycles. The molecular formula is C18H29NO3Si. The molecular weight excluding hydrogens is 306 g/mol. The number of hydrogen-bond acceptors (Lipinski definition) is 3. The molecule has 1 amide bonds.